The molecule has 0 aliphatic heterocycles. The molecule has 1 aliphatic rings. The van der Waals surface area contributed by atoms with Crippen LogP contribution in [0.25, 0.3) is 11.0 Å². The van der Waals surface area contributed by atoms with Crippen molar-refractivity contribution in [2.75, 3.05) is 14.1 Å². The smallest absolute Gasteiger partial charge is 0.353 e. The molecule has 2 aromatic rings. The summed E-state index contributed by atoms with van der Waals surface area (Å²) in [7, 11) is -1.13. The number of sulfonamides is 1. The molecule has 0 radical (unpaired) electrons. The molecule has 0 bridgehead atoms. The Labute approximate surface area is 179 Å². The van der Waals surface area contributed by atoms with E-state index in [1.165, 1.54) is 26.2 Å². The maximum absolute atomic E-state index is 13.6. The van der Waals surface area contributed by atoms with Crippen molar-refractivity contribution in [1.29, 1.82) is 0 Å². The molecule has 0 atom stereocenters. The van der Waals surface area contributed by atoms with Crippen LogP contribution in [0.4, 0.5) is 13.2 Å². The molecule has 1 saturated carbocycles. The van der Waals surface area contributed by atoms with E-state index in [1.54, 1.807) is 0 Å². The highest BCUT2D eigenvalue weighted by Crippen LogP contribution is 2.32. The molecule has 1 N–H and O–H groups in total. The molecule has 1 fully saturated rings. The Balaban J connectivity index is 1.85. The summed E-state index contributed by atoms with van der Waals surface area (Å²) < 4.78 is 67.3. The summed E-state index contributed by atoms with van der Waals surface area (Å²) in [6.45, 7) is -0.205. The first-order valence-corrected chi connectivity index (χ1v) is 11.7. The zero-order valence-corrected chi connectivity index (χ0v) is 18.4. The Kier molecular flexibility index (Phi) is 6.95. The van der Waals surface area contributed by atoms with Gasteiger partial charge in [0.1, 0.15) is 0 Å². The van der Waals surface area contributed by atoms with Gasteiger partial charge in [-0.3, -0.25) is 4.79 Å². The number of imidazole rings is 1. The predicted molar refractivity (Wildman–Crippen MR) is 110 cm³/mol. The number of carbonyl (C=O) groups is 1. The highest BCUT2D eigenvalue weighted by molar-refractivity contribution is 7.89. The van der Waals surface area contributed by atoms with Gasteiger partial charge < -0.3 is 9.88 Å². The van der Waals surface area contributed by atoms with Crippen LogP contribution in [0, 0.1) is 0 Å². The van der Waals surface area contributed by atoms with Crippen LogP contribution in [-0.2, 0) is 27.5 Å². The lowest BCUT2D eigenvalue weighted by Gasteiger charge is -2.17. The summed E-state index contributed by atoms with van der Waals surface area (Å²) in [6, 6.07) is 3.75. The molecule has 1 heterocycles. The van der Waals surface area contributed by atoms with E-state index in [-0.39, 0.29) is 40.8 Å². The number of aryl methyl sites for hydroxylation is 1. The number of alkyl halides is 3. The van der Waals surface area contributed by atoms with Crippen LogP contribution in [0.15, 0.2) is 23.1 Å². The number of fused-ring (bicyclic) bond motifs is 1. The van der Waals surface area contributed by atoms with Gasteiger partial charge in [0, 0.05) is 33.1 Å². The fraction of sp³-hybridized carbons (Fsp3) is 0.600. The minimum absolute atomic E-state index is 0.0652. The molecular weight excluding hydrogens is 433 g/mol. The topological polar surface area (TPSA) is 84.3 Å². The van der Waals surface area contributed by atoms with Crippen LogP contribution in [-0.4, -0.2) is 48.3 Å². The minimum Gasteiger partial charge on any atom is -0.353 e. The molecule has 0 spiro atoms. The molecule has 11 heteroatoms. The molecule has 3 rings (SSSR count). The van der Waals surface area contributed by atoms with Crippen molar-refractivity contribution in [3.8, 4) is 0 Å². The Hall–Kier alpha value is -2.14. The zero-order valence-electron chi connectivity index (χ0n) is 17.6. The van der Waals surface area contributed by atoms with Gasteiger partial charge in [-0.25, -0.2) is 17.7 Å². The first-order valence-electron chi connectivity index (χ1n) is 10.3. The molecule has 0 unspecified atom stereocenters. The third-order valence-electron chi connectivity index (χ3n) is 5.53. The van der Waals surface area contributed by atoms with Gasteiger partial charge in [-0.15, -0.1) is 0 Å². The molecule has 7 nitrogen and oxygen atoms in total. The van der Waals surface area contributed by atoms with Gasteiger partial charge in [0.2, 0.25) is 21.8 Å². The summed E-state index contributed by atoms with van der Waals surface area (Å²) in [5.74, 6) is -1.45. The number of benzene rings is 1. The van der Waals surface area contributed by atoms with Crippen molar-refractivity contribution in [2.45, 2.75) is 68.6 Å². The second-order valence-corrected chi connectivity index (χ2v) is 10.2. The summed E-state index contributed by atoms with van der Waals surface area (Å²) in [5.41, 5.74) is 0.0479. The van der Waals surface area contributed by atoms with Crippen molar-refractivity contribution in [3.05, 3.63) is 24.0 Å². The number of aromatic nitrogens is 2. The third kappa shape index (κ3) is 5.38. The van der Waals surface area contributed by atoms with Crippen LogP contribution in [0.2, 0.25) is 0 Å². The average Bonchev–Trinajstić information content (AvgIpc) is 2.87. The molecule has 0 saturated heterocycles. The summed E-state index contributed by atoms with van der Waals surface area (Å²) in [4.78, 5) is 15.9. The van der Waals surface area contributed by atoms with Gasteiger partial charge in [0.15, 0.2) is 0 Å². The Bertz CT molecular complexity index is 1040. The molecule has 1 aromatic heterocycles. The van der Waals surface area contributed by atoms with E-state index in [0.717, 1.165) is 53.5 Å². The van der Waals surface area contributed by atoms with E-state index < -0.39 is 22.0 Å². The van der Waals surface area contributed by atoms with Crippen molar-refractivity contribution in [2.24, 2.45) is 0 Å². The van der Waals surface area contributed by atoms with Crippen LogP contribution in [0.3, 0.4) is 0 Å². The van der Waals surface area contributed by atoms with Crippen molar-refractivity contribution < 1.29 is 26.4 Å². The average molecular weight is 461 g/mol. The first-order chi connectivity index (χ1) is 14.5. The number of nitrogens with zero attached hydrogens (tertiary/aromatic N) is 3. The van der Waals surface area contributed by atoms with Crippen molar-refractivity contribution in [1.82, 2.24) is 19.2 Å². The van der Waals surface area contributed by atoms with E-state index in [4.69, 9.17) is 0 Å². The highest BCUT2D eigenvalue weighted by atomic mass is 32.2. The lowest BCUT2D eigenvalue weighted by atomic mass is 10.1. The van der Waals surface area contributed by atoms with Gasteiger partial charge in [-0.05, 0) is 31.0 Å². The molecule has 31 heavy (non-hydrogen) atoms. The highest BCUT2D eigenvalue weighted by Gasteiger charge is 2.38. The van der Waals surface area contributed by atoms with E-state index in [0.29, 0.717) is 0 Å². The van der Waals surface area contributed by atoms with E-state index in [2.05, 4.69) is 10.3 Å². The quantitative estimate of drug-likeness (QED) is 0.669. The van der Waals surface area contributed by atoms with Gasteiger partial charge in [-0.1, -0.05) is 25.7 Å². The zero-order chi connectivity index (χ0) is 22.8. The van der Waals surface area contributed by atoms with E-state index in [1.807, 2.05) is 0 Å². The molecular formula is C20H27F3N4O3S. The third-order valence-corrected chi connectivity index (χ3v) is 7.35. The maximum Gasteiger partial charge on any atom is 0.449 e. The molecule has 1 amide bonds. The van der Waals surface area contributed by atoms with Crippen LogP contribution < -0.4 is 5.32 Å². The SMILES string of the molecule is CN(C)S(=O)(=O)c1ccc2c(c1)nc(C(F)(F)F)n2CCC(=O)NC1CCCCCC1. The lowest BCUT2D eigenvalue weighted by Crippen LogP contribution is -2.35. The normalized spacial score (nSPS) is 16.6. The lowest BCUT2D eigenvalue weighted by molar-refractivity contribution is -0.147. The Morgan fingerprint density at radius 1 is 1.19 bits per heavy atom. The minimum atomic E-state index is -4.74. The summed E-state index contributed by atoms with van der Waals surface area (Å²) in [5, 5.41) is 2.93. The maximum atomic E-state index is 13.6. The Morgan fingerprint density at radius 2 is 1.84 bits per heavy atom. The number of carbonyl (C=O) groups excluding carboxylic acids is 1. The number of halogens is 3. The summed E-state index contributed by atoms with van der Waals surface area (Å²) in [6.07, 6.45) is 1.25. The van der Waals surface area contributed by atoms with Gasteiger partial charge >= 0.3 is 6.18 Å². The van der Waals surface area contributed by atoms with Gasteiger partial charge in [0.25, 0.3) is 0 Å². The first kappa shape index (κ1) is 23.5. The fourth-order valence-electron chi connectivity index (χ4n) is 3.86. The summed E-state index contributed by atoms with van der Waals surface area (Å²) >= 11 is 0. The monoisotopic (exact) mass is 460 g/mol. The second kappa shape index (κ2) is 9.15. The molecule has 172 valence electrons. The number of amides is 1. The molecule has 1 aliphatic carbocycles. The van der Waals surface area contributed by atoms with Crippen molar-refractivity contribution >= 4 is 27.0 Å². The predicted octanol–water partition coefficient (Wildman–Crippen LogP) is 3.53. The van der Waals surface area contributed by atoms with E-state index >= 15 is 0 Å². The van der Waals surface area contributed by atoms with Gasteiger partial charge in [-0.2, -0.15) is 13.2 Å². The van der Waals surface area contributed by atoms with Crippen LogP contribution >= 0.6 is 0 Å². The number of rotatable bonds is 6. The Morgan fingerprint density at radius 3 is 2.42 bits per heavy atom. The largest absolute Gasteiger partial charge is 0.449 e. The molecule has 1 aromatic carbocycles. The number of hydrogen-bond acceptors (Lipinski definition) is 4. The second-order valence-electron chi connectivity index (χ2n) is 8.03. The standard InChI is InChI=1S/C20H27F3N4O3S/c1-26(2)31(29,30)15-9-10-17-16(13-15)25-19(20(21,22)23)27(17)12-11-18(28)24-14-7-5-3-4-6-8-14/h9-10,13-14H,3-8,11-12H2,1-2H3,(H,24,28). The van der Waals surface area contributed by atoms with Crippen LogP contribution in [0.5, 0.6) is 0 Å². The van der Waals surface area contributed by atoms with E-state index in [9.17, 15) is 26.4 Å². The van der Waals surface area contributed by atoms with Crippen LogP contribution in [0.1, 0.15) is 50.8 Å². The number of hydrogen-bond donors (Lipinski definition) is 1. The fourth-order valence-corrected chi connectivity index (χ4v) is 4.78. The van der Waals surface area contributed by atoms with Crippen molar-refractivity contribution in [3.63, 3.8) is 0 Å². The van der Waals surface area contributed by atoms with Gasteiger partial charge in [0.05, 0.1) is 15.9 Å². The number of nitrogens with one attached hydrogen (secondary N) is 1.